The van der Waals surface area contributed by atoms with E-state index in [1.54, 1.807) is 0 Å². The van der Waals surface area contributed by atoms with Gasteiger partial charge in [0.25, 0.3) is 0 Å². The largest absolute Gasteiger partial charge is 0.394 e. The quantitative estimate of drug-likeness (QED) is 0.832. The van der Waals surface area contributed by atoms with Crippen molar-refractivity contribution in [3.63, 3.8) is 0 Å². The molecule has 1 saturated heterocycles. The highest BCUT2D eigenvalue weighted by atomic mass is 16.3. The lowest BCUT2D eigenvalue weighted by molar-refractivity contribution is 0.197. The van der Waals surface area contributed by atoms with Gasteiger partial charge in [-0.15, -0.1) is 0 Å². The summed E-state index contributed by atoms with van der Waals surface area (Å²) in [6.45, 7) is 3.56. The molecule has 0 amide bonds. The lowest BCUT2D eigenvalue weighted by atomic mass is 9.96. The second-order valence-corrected chi connectivity index (χ2v) is 5.30. The molecule has 3 nitrogen and oxygen atoms in total. The normalized spacial score (nSPS) is 19.9. The first kappa shape index (κ1) is 13.5. The molecule has 1 aromatic carbocycles. The smallest absolute Gasteiger partial charge is 0.0626 e. The summed E-state index contributed by atoms with van der Waals surface area (Å²) in [5, 5.41) is 13.0. The van der Waals surface area contributed by atoms with Gasteiger partial charge in [0.15, 0.2) is 0 Å². The lowest BCUT2D eigenvalue weighted by Gasteiger charge is -2.30. The summed E-state index contributed by atoms with van der Waals surface area (Å²) in [7, 11) is 2.18. The summed E-state index contributed by atoms with van der Waals surface area (Å²) in [4.78, 5) is 2.39. The minimum Gasteiger partial charge on any atom is -0.394 e. The molecule has 1 aromatic rings. The number of aliphatic hydroxyl groups excluding tert-OH is 1. The Morgan fingerprint density at radius 1 is 1.28 bits per heavy atom. The maximum atomic E-state index is 9.48. The van der Waals surface area contributed by atoms with Crippen molar-refractivity contribution >= 4 is 0 Å². The molecule has 0 aliphatic carbocycles. The van der Waals surface area contributed by atoms with Crippen LogP contribution in [0.4, 0.5) is 0 Å². The van der Waals surface area contributed by atoms with Crippen molar-refractivity contribution in [2.24, 2.45) is 5.92 Å². The van der Waals surface area contributed by atoms with Gasteiger partial charge in [0.2, 0.25) is 0 Å². The van der Waals surface area contributed by atoms with Gasteiger partial charge >= 0.3 is 0 Å². The van der Waals surface area contributed by atoms with Crippen molar-refractivity contribution in [2.45, 2.75) is 18.9 Å². The SMILES string of the molecule is CN1CCC(CN[C@H](CO)c2ccccc2)CC1. The molecule has 0 aromatic heterocycles. The van der Waals surface area contributed by atoms with E-state index in [4.69, 9.17) is 0 Å². The zero-order valence-corrected chi connectivity index (χ0v) is 11.2. The number of benzene rings is 1. The number of piperidine rings is 1. The number of rotatable bonds is 5. The highest BCUT2D eigenvalue weighted by molar-refractivity contribution is 5.18. The number of hydrogen-bond acceptors (Lipinski definition) is 3. The first-order valence-electron chi connectivity index (χ1n) is 6.87. The van der Waals surface area contributed by atoms with E-state index in [0.717, 1.165) is 12.5 Å². The van der Waals surface area contributed by atoms with E-state index in [2.05, 4.69) is 29.4 Å². The fraction of sp³-hybridized carbons (Fsp3) is 0.600. The van der Waals surface area contributed by atoms with Crippen LogP contribution in [0.2, 0.25) is 0 Å². The number of likely N-dealkylation sites (tertiary alicyclic amines) is 1. The zero-order chi connectivity index (χ0) is 12.8. The summed E-state index contributed by atoms with van der Waals surface area (Å²) in [5.41, 5.74) is 1.17. The monoisotopic (exact) mass is 248 g/mol. The maximum absolute atomic E-state index is 9.48. The molecule has 1 aliphatic heterocycles. The molecular formula is C15H24N2O. The Balaban J connectivity index is 1.81. The van der Waals surface area contributed by atoms with Gasteiger partial charge in [-0.05, 0) is 51.0 Å². The van der Waals surface area contributed by atoms with Crippen molar-refractivity contribution < 1.29 is 5.11 Å². The van der Waals surface area contributed by atoms with Crippen LogP contribution in [0.3, 0.4) is 0 Å². The molecule has 0 unspecified atom stereocenters. The average molecular weight is 248 g/mol. The van der Waals surface area contributed by atoms with Crippen molar-refractivity contribution in [2.75, 3.05) is 33.3 Å². The van der Waals surface area contributed by atoms with E-state index >= 15 is 0 Å². The molecule has 0 bridgehead atoms. The lowest BCUT2D eigenvalue weighted by Crippen LogP contribution is -2.36. The summed E-state index contributed by atoms with van der Waals surface area (Å²) in [5.74, 6) is 0.749. The van der Waals surface area contributed by atoms with E-state index in [0.29, 0.717) is 0 Å². The molecule has 1 aliphatic rings. The predicted molar refractivity (Wildman–Crippen MR) is 74.5 cm³/mol. The van der Waals surface area contributed by atoms with E-state index in [1.807, 2.05) is 18.2 Å². The van der Waals surface area contributed by atoms with Gasteiger partial charge in [-0.3, -0.25) is 0 Å². The fourth-order valence-electron chi connectivity index (χ4n) is 2.55. The molecule has 0 spiro atoms. The first-order chi connectivity index (χ1) is 8.79. The van der Waals surface area contributed by atoms with E-state index in [9.17, 15) is 5.11 Å². The van der Waals surface area contributed by atoms with Gasteiger partial charge in [-0.1, -0.05) is 30.3 Å². The molecule has 18 heavy (non-hydrogen) atoms. The van der Waals surface area contributed by atoms with Crippen molar-refractivity contribution in [3.05, 3.63) is 35.9 Å². The van der Waals surface area contributed by atoms with Gasteiger partial charge in [0.05, 0.1) is 12.6 Å². The molecule has 0 saturated carbocycles. The van der Waals surface area contributed by atoms with Crippen LogP contribution in [0, 0.1) is 5.92 Å². The van der Waals surface area contributed by atoms with Crippen molar-refractivity contribution in [1.82, 2.24) is 10.2 Å². The standard InChI is InChI=1S/C15H24N2O/c1-17-9-7-13(8-10-17)11-16-15(12-18)14-5-3-2-4-6-14/h2-6,13,15-16,18H,7-12H2,1H3/t15-/m1/s1. The van der Waals surface area contributed by atoms with Crippen LogP contribution >= 0.6 is 0 Å². The number of aliphatic hydroxyl groups is 1. The third kappa shape index (κ3) is 3.80. The predicted octanol–water partition coefficient (Wildman–Crippen LogP) is 1.65. The highest BCUT2D eigenvalue weighted by Gasteiger charge is 2.18. The van der Waals surface area contributed by atoms with Gasteiger partial charge in [0, 0.05) is 0 Å². The Morgan fingerprint density at radius 3 is 2.56 bits per heavy atom. The molecule has 3 heteroatoms. The van der Waals surface area contributed by atoms with Crippen LogP contribution in [0.25, 0.3) is 0 Å². The maximum Gasteiger partial charge on any atom is 0.0626 e. The van der Waals surface area contributed by atoms with Crippen LogP contribution in [0.1, 0.15) is 24.4 Å². The van der Waals surface area contributed by atoms with Gasteiger partial charge in [-0.25, -0.2) is 0 Å². The molecule has 0 radical (unpaired) electrons. The minimum atomic E-state index is 0.0749. The van der Waals surface area contributed by atoms with Crippen LogP contribution in [0.15, 0.2) is 30.3 Å². The number of hydrogen-bond donors (Lipinski definition) is 2. The highest BCUT2D eigenvalue weighted by Crippen LogP contribution is 2.17. The number of nitrogens with one attached hydrogen (secondary N) is 1. The van der Waals surface area contributed by atoms with E-state index < -0.39 is 0 Å². The Labute approximate surface area is 110 Å². The second-order valence-electron chi connectivity index (χ2n) is 5.30. The molecule has 1 heterocycles. The Morgan fingerprint density at radius 2 is 1.94 bits per heavy atom. The Hall–Kier alpha value is -0.900. The molecule has 2 rings (SSSR count). The average Bonchev–Trinajstić information content (AvgIpc) is 2.43. The third-order valence-electron chi connectivity index (χ3n) is 3.88. The summed E-state index contributed by atoms with van der Waals surface area (Å²) >= 11 is 0. The third-order valence-corrected chi connectivity index (χ3v) is 3.88. The minimum absolute atomic E-state index is 0.0749. The van der Waals surface area contributed by atoms with Crippen LogP contribution in [0.5, 0.6) is 0 Å². The van der Waals surface area contributed by atoms with E-state index in [1.165, 1.54) is 31.5 Å². The van der Waals surface area contributed by atoms with E-state index in [-0.39, 0.29) is 12.6 Å². The summed E-state index contributed by atoms with van der Waals surface area (Å²) in [6, 6.07) is 10.3. The Kier molecular flexibility index (Phi) is 5.17. The second kappa shape index (κ2) is 6.88. The molecular weight excluding hydrogens is 224 g/mol. The fourth-order valence-corrected chi connectivity index (χ4v) is 2.55. The van der Waals surface area contributed by atoms with Crippen LogP contribution in [-0.4, -0.2) is 43.3 Å². The molecule has 2 N–H and O–H groups in total. The first-order valence-corrected chi connectivity index (χ1v) is 6.87. The van der Waals surface area contributed by atoms with Crippen molar-refractivity contribution in [3.8, 4) is 0 Å². The van der Waals surface area contributed by atoms with Crippen molar-refractivity contribution in [1.29, 1.82) is 0 Å². The summed E-state index contributed by atoms with van der Waals surface area (Å²) in [6.07, 6.45) is 2.52. The summed E-state index contributed by atoms with van der Waals surface area (Å²) < 4.78 is 0. The molecule has 1 fully saturated rings. The molecule has 100 valence electrons. The van der Waals surface area contributed by atoms with Gasteiger partial charge in [-0.2, -0.15) is 0 Å². The van der Waals surface area contributed by atoms with Crippen LogP contribution < -0.4 is 5.32 Å². The van der Waals surface area contributed by atoms with Crippen LogP contribution in [-0.2, 0) is 0 Å². The topological polar surface area (TPSA) is 35.5 Å². The zero-order valence-electron chi connectivity index (χ0n) is 11.2. The van der Waals surface area contributed by atoms with Gasteiger partial charge in [0.1, 0.15) is 0 Å². The molecule has 1 atom stereocenters. The van der Waals surface area contributed by atoms with Gasteiger partial charge < -0.3 is 15.3 Å². The Bertz CT molecular complexity index is 334. The number of nitrogens with zero attached hydrogens (tertiary/aromatic N) is 1.